The van der Waals surface area contributed by atoms with Crippen molar-refractivity contribution in [1.29, 1.82) is 0 Å². The molecule has 4 heterocycles. The Hall–Kier alpha value is -1.99. The molecule has 2 aromatic rings. The molecule has 7 nitrogen and oxygen atoms in total. The zero-order chi connectivity index (χ0) is 18.1. The molecule has 0 saturated carbocycles. The summed E-state index contributed by atoms with van der Waals surface area (Å²) in [4.78, 5) is 28.5. The number of piperazine rings is 1. The van der Waals surface area contributed by atoms with Gasteiger partial charge in [0, 0.05) is 63.9 Å². The van der Waals surface area contributed by atoms with Crippen LogP contribution in [-0.4, -0.2) is 79.8 Å². The van der Waals surface area contributed by atoms with E-state index in [0.717, 1.165) is 63.6 Å². The van der Waals surface area contributed by atoms with Crippen molar-refractivity contribution in [2.45, 2.75) is 45.3 Å². The van der Waals surface area contributed by atoms with Crippen LogP contribution >= 0.6 is 0 Å². The van der Waals surface area contributed by atoms with Crippen molar-refractivity contribution >= 4 is 11.7 Å². The maximum absolute atomic E-state index is 12.8. The first-order valence-electron chi connectivity index (χ1n) is 9.67. The fraction of sp³-hybridized carbons (Fsp3) is 0.632. The molecule has 7 heteroatoms. The van der Waals surface area contributed by atoms with Gasteiger partial charge in [0.1, 0.15) is 0 Å². The van der Waals surface area contributed by atoms with E-state index in [0.29, 0.717) is 11.9 Å². The lowest BCUT2D eigenvalue weighted by atomic mass is 10.0. The normalized spacial score (nSPS) is 23.3. The minimum atomic E-state index is 0.0766. The Labute approximate surface area is 154 Å². The first kappa shape index (κ1) is 17.4. The number of hydrogen-bond donors (Lipinski definition) is 0. The zero-order valence-corrected chi connectivity index (χ0v) is 15.7. The highest BCUT2D eigenvalue weighted by atomic mass is 16.2. The number of piperidine rings is 1. The number of nitrogens with zero attached hydrogens (tertiary/aromatic N) is 6. The Kier molecular flexibility index (Phi) is 4.91. The number of carbonyl (C=O) groups excluding carboxylic acids is 1. The van der Waals surface area contributed by atoms with E-state index in [-0.39, 0.29) is 6.04 Å². The number of fused-ring (bicyclic) bond motifs is 1. The van der Waals surface area contributed by atoms with Gasteiger partial charge in [-0.05, 0) is 32.8 Å². The van der Waals surface area contributed by atoms with Crippen molar-refractivity contribution in [3.63, 3.8) is 0 Å². The lowest BCUT2D eigenvalue weighted by Crippen LogP contribution is -2.58. The molecule has 0 unspecified atom stereocenters. The van der Waals surface area contributed by atoms with Gasteiger partial charge >= 0.3 is 0 Å². The van der Waals surface area contributed by atoms with Crippen molar-refractivity contribution < 1.29 is 4.79 Å². The molecule has 0 radical (unpaired) electrons. The van der Waals surface area contributed by atoms with Crippen molar-refractivity contribution in [2.75, 3.05) is 32.7 Å². The van der Waals surface area contributed by atoms with E-state index in [1.54, 1.807) is 6.20 Å². The molecule has 1 atom stereocenters. The van der Waals surface area contributed by atoms with Crippen LogP contribution in [0.5, 0.6) is 0 Å². The molecule has 2 aliphatic heterocycles. The zero-order valence-electron chi connectivity index (χ0n) is 15.7. The van der Waals surface area contributed by atoms with Gasteiger partial charge in [0.15, 0.2) is 0 Å². The number of amides is 1. The van der Waals surface area contributed by atoms with E-state index in [4.69, 9.17) is 0 Å². The molecular formula is C19H28N6O. The van der Waals surface area contributed by atoms with E-state index < -0.39 is 0 Å². The smallest absolute Gasteiger partial charge is 0.240 e. The van der Waals surface area contributed by atoms with Crippen LogP contribution < -0.4 is 0 Å². The predicted molar refractivity (Wildman–Crippen MR) is 99.7 cm³/mol. The van der Waals surface area contributed by atoms with Crippen molar-refractivity contribution in [1.82, 2.24) is 29.1 Å². The van der Waals surface area contributed by atoms with Gasteiger partial charge in [-0.15, -0.1) is 0 Å². The molecule has 4 rings (SSSR count). The Morgan fingerprint density at radius 2 is 2.00 bits per heavy atom. The fourth-order valence-corrected chi connectivity index (χ4v) is 4.15. The van der Waals surface area contributed by atoms with E-state index in [2.05, 4.69) is 39.8 Å². The number of rotatable bonds is 4. The summed E-state index contributed by atoms with van der Waals surface area (Å²) in [6.07, 6.45) is 7.92. The highest BCUT2D eigenvalue weighted by Crippen LogP contribution is 2.21. The van der Waals surface area contributed by atoms with Crippen LogP contribution in [0.3, 0.4) is 0 Å². The Bertz CT molecular complexity index is 731. The van der Waals surface area contributed by atoms with Gasteiger partial charge in [-0.25, -0.2) is 9.97 Å². The third kappa shape index (κ3) is 3.46. The first-order chi connectivity index (χ1) is 12.6. The summed E-state index contributed by atoms with van der Waals surface area (Å²) in [5.41, 5.74) is 1.05. The molecule has 1 amide bonds. The standard InChI is InChI=1S/C19H28N6O/c1-15(2)25-8-3-5-17(18(25)26)23-11-9-22(10-12-23)13-16-14-24-7-4-6-20-19(24)21-16/h4,6-7,14-15,17H,3,5,8-13H2,1-2H3/t17-/m1/s1. The van der Waals surface area contributed by atoms with Crippen LogP contribution in [0, 0.1) is 0 Å². The first-order valence-corrected chi connectivity index (χ1v) is 9.67. The van der Waals surface area contributed by atoms with Crippen molar-refractivity contribution in [3.05, 3.63) is 30.4 Å². The maximum atomic E-state index is 12.8. The van der Waals surface area contributed by atoms with Gasteiger partial charge in [0.2, 0.25) is 11.7 Å². The van der Waals surface area contributed by atoms with Crippen molar-refractivity contribution in [3.8, 4) is 0 Å². The summed E-state index contributed by atoms with van der Waals surface area (Å²) in [5, 5.41) is 0. The predicted octanol–water partition coefficient (Wildman–Crippen LogP) is 1.25. The fourth-order valence-electron chi connectivity index (χ4n) is 4.15. The minimum absolute atomic E-state index is 0.0766. The van der Waals surface area contributed by atoms with E-state index >= 15 is 0 Å². The van der Waals surface area contributed by atoms with Crippen LogP contribution in [-0.2, 0) is 11.3 Å². The molecule has 0 aliphatic carbocycles. The summed E-state index contributed by atoms with van der Waals surface area (Å²) in [5.74, 6) is 1.08. The quantitative estimate of drug-likeness (QED) is 0.825. The third-order valence-corrected chi connectivity index (χ3v) is 5.59. The van der Waals surface area contributed by atoms with Gasteiger partial charge in [-0.1, -0.05) is 0 Å². The Morgan fingerprint density at radius 3 is 2.73 bits per heavy atom. The molecule has 0 aromatic carbocycles. The molecule has 2 saturated heterocycles. The molecule has 0 N–H and O–H groups in total. The summed E-state index contributed by atoms with van der Waals surface area (Å²) in [7, 11) is 0. The second-order valence-electron chi connectivity index (χ2n) is 7.65. The second-order valence-corrected chi connectivity index (χ2v) is 7.65. The average molecular weight is 356 g/mol. The van der Waals surface area contributed by atoms with Gasteiger partial charge in [0.25, 0.3) is 0 Å². The Morgan fingerprint density at radius 1 is 1.19 bits per heavy atom. The van der Waals surface area contributed by atoms with Gasteiger partial charge in [0.05, 0.1) is 11.7 Å². The third-order valence-electron chi connectivity index (χ3n) is 5.59. The summed E-state index contributed by atoms with van der Waals surface area (Å²) in [6, 6.07) is 2.29. The van der Waals surface area contributed by atoms with Gasteiger partial charge < -0.3 is 4.90 Å². The lowest BCUT2D eigenvalue weighted by molar-refractivity contribution is -0.143. The number of hydrogen-bond acceptors (Lipinski definition) is 5. The highest BCUT2D eigenvalue weighted by molar-refractivity contribution is 5.82. The Balaban J connectivity index is 1.34. The topological polar surface area (TPSA) is 57.0 Å². The molecule has 2 aromatic heterocycles. The largest absolute Gasteiger partial charge is 0.339 e. The molecule has 0 spiro atoms. The van der Waals surface area contributed by atoms with E-state index in [1.807, 2.05) is 21.6 Å². The molecule has 2 aliphatic rings. The minimum Gasteiger partial charge on any atom is -0.339 e. The van der Waals surface area contributed by atoms with Gasteiger partial charge in [-0.3, -0.25) is 19.0 Å². The number of carbonyl (C=O) groups is 1. The molecular weight excluding hydrogens is 328 g/mol. The summed E-state index contributed by atoms with van der Waals surface area (Å²) >= 11 is 0. The van der Waals surface area contributed by atoms with Crippen molar-refractivity contribution in [2.24, 2.45) is 0 Å². The number of imidazole rings is 1. The summed E-state index contributed by atoms with van der Waals surface area (Å²) < 4.78 is 1.97. The molecule has 2 fully saturated rings. The second kappa shape index (κ2) is 7.32. The van der Waals surface area contributed by atoms with Gasteiger partial charge in [-0.2, -0.15) is 0 Å². The summed E-state index contributed by atoms with van der Waals surface area (Å²) in [6.45, 7) is 9.84. The average Bonchev–Trinajstić information content (AvgIpc) is 3.05. The molecule has 0 bridgehead atoms. The number of aromatic nitrogens is 3. The molecule has 140 valence electrons. The monoisotopic (exact) mass is 356 g/mol. The van der Waals surface area contributed by atoms with Crippen LogP contribution in [0.2, 0.25) is 0 Å². The van der Waals surface area contributed by atoms with Crippen LogP contribution in [0.15, 0.2) is 24.7 Å². The van der Waals surface area contributed by atoms with Crippen LogP contribution in [0.1, 0.15) is 32.4 Å². The van der Waals surface area contributed by atoms with E-state index in [9.17, 15) is 4.79 Å². The SMILES string of the molecule is CC(C)N1CCC[C@@H](N2CCN(Cc3cn4cccnc4n3)CC2)C1=O. The van der Waals surface area contributed by atoms with Crippen LogP contribution in [0.25, 0.3) is 5.78 Å². The van der Waals surface area contributed by atoms with E-state index in [1.165, 1.54) is 0 Å². The molecule has 26 heavy (non-hydrogen) atoms. The highest BCUT2D eigenvalue weighted by Gasteiger charge is 2.35. The lowest BCUT2D eigenvalue weighted by Gasteiger charge is -2.43. The maximum Gasteiger partial charge on any atom is 0.240 e. The number of likely N-dealkylation sites (tertiary alicyclic amines) is 1. The van der Waals surface area contributed by atoms with Crippen LogP contribution in [0.4, 0.5) is 0 Å².